The summed E-state index contributed by atoms with van der Waals surface area (Å²) in [5.74, 6) is -5.42. The molecule has 4 aromatic carbocycles. The lowest BCUT2D eigenvalue weighted by atomic mass is 9.97. The van der Waals surface area contributed by atoms with Crippen molar-refractivity contribution in [3.05, 3.63) is 130 Å². The molecule has 4 aromatic rings. The van der Waals surface area contributed by atoms with Crippen LogP contribution in [0.2, 0.25) is 0 Å². The lowest BCUT2D eigenvalue weighted by Gasteiger charge is -2.10. The van der Waals surface area contributed by atoms with Crippen LogP contribution in [0.25, 0.3) is 34.4 Å². The zero-order valence-corrected chi connectivity index (χ0v) is 21.8. The third-order valence-corrected chi connectivity index (χ3v) is 6.45. The molecule has 212 valence electrons. The Morgan fingerprint density at radius 3 is 1.80 bits per heavy atom. The van der Waals surface area contributed by atoms with E-state index in [1.54, 1.807) is 12.1 Å². The summed E-state index contributed by atoms with van der Waals surface area (Å²) in [7, 11) is 0. The molecule has 0 fully saturated rings. The summed E-state index contributed by atoms with van der Waals surface area (Å²) < 4.78 is 112. The number of hydrogen-bond donors (Lipinski definition) is 0. The molecule has 0 saturated carbocycles. The van der Waals surface area contributed by atoms with Gasteiger partial charge in [-0.25, -0.2) is 35.1 Å². The summed E-state index contributed by atoms with van der Waals surface area (Å²) >= 11 is 0. The molecule has 0 nitrogen and oxygen atoms in total. The third-order valence-electron chi connectivity index (χ3n) is 6.45. The molecule has 0 bridgehead atoms. The van der Waals surface area contributed by atoms with E-state index in [-0.39, 0.29) is 27.8 Å². The van der Waals surface area contributed by atoms with Gasteiger partial charge in [0.15, 0.2) is 0 Å². The molecule has 41 heavy (non-hydrogen) atoms. The topological polar surface area (TPSA) is 0 Å². The Balaban J connectivity index is 1.57. The summed E-state index contributed by atoms with van der Waals surface area (Å²) in [6.07, 6.45) is 1.91. The van der Waals surface area contributed by atoms with E-state index in [0.717, 1.165) is 60.5 Å². The van der Waals surface area contributed by atoms with Gasteiger partial charge in [0.05, 0.1) is 0 Å². The summed E-state index contributed by atoms with van der Waals surface area (Å²) in [6, 6.07) is 12.2. The number of rotatable bonds is 9. The first-order valence-electron chi connectivity index (χ1n) is 12.8. The van der Waals surface area contributed by atoms with Crippen LogP contribution < -0.4 is 0 Å². The molecule has 0 unspecified atom stereocenters. The van der Waals surface area contributed by atoms with Gasteiger partial charge in [-0.05, 0) is 83.6 Å². The Morgan fingerprint density at radius 1 is 0.634 bits per heavy atom. The molecule has 8 heteroatoms. The highest BCUT2D eigenvalue weighted by Crippen LogP contribution is 2.32. The van der Waals surface area contributed by atoms with E-state index >= 15 is 4.39 Å². The second kappa shape index (κ2) is 13.0. The summed E-state index contributed by atoms with van der Waals surface area (Å²) in [4.78, 5) is 0. The number of allylic oxidation sites excluding steroid dienone is 2. The van der Waals surface area contributed by atoms with Crippen LogP contribution in [-0.2, 0) is 12.8 Å². The molecular weight excluding hydrogens is 548 g/mol. The lowest BCUT2D eigenvalue weighted by Crippen LogP contribution is -1.96. The number of hydrogen-bond acceptors (Lipinski definition) is 0. The highest BCUT2D eigenvalue weighted by atomic mass is 19.3. The Labute approximate surface area is 232 Å². The maximum Gasteiger partial charge on any atom is 0.257 e. The summed E-state index contributed by atoms with van der Waals surface area (Å²) in [5, 5.41) is 0. The monoisotopic (exact) mass is 572 g/mol. The first-order valence-corrected chi connectivity index (χ1v) is 12.8. The van der Waals surface area contributed by atoms with Gasteiger partial charge in [-0.2, -0.15) is 0 Å². The molecule has 0 saturated heterocycles. The third kappa shape index (κ3) is 7.12. The van der Waals surface area contributed by atoms with Crippen molar-refractivity contribution in [1.82, 2.24) is 0 Å². The van der Waals surface area contributed by atoms with E-state index in [0.29, 0.717) is 12.5 Å². The van der Waals surface area contributed by atoms with Gasteiger partial charge in [0.2, 0.25) is 0 Å². The number of benzene rings is 4. The van der Waals surface area contributed by atoms with E-state index in [9.17, 15) is 30.7 Å². The number of halogens is 8. The predicted molar refractivity (Wildman–Crippen MR) is 145 cm³/mol. The van der Waals surface area contributed by atoms with Crippen LogP contribution in [0, 0.1) is 34.9 Å². The van der Waals surface area contributed by atoms with Gasteiger partial charge in [0, 0.05) is 22.3 Å². The Bertz CT molecular complexity index is 1570. The van der Waals surface area contributed by atoms with Crippen molar-refractivity contribution in [3.63, 3.8) is 0 Å². The minimum absolute atomic E-state index is 0.0546. The second-order valence-electron chi connectivity index (χ2n) is 9.38. The molecule has 0 spiro atoms. The van der Waals surface area contributed by atoms with Crippen molar-refractivity contribution in [3.8, 4) is 22.3 Å². The second-order valence-corrected chi connectivity index (χ2v) is 9.38. The molecule has 4 rings (SSSR count). The average molecular weight is 573 g/mol. The van der Waals surface area contributed by atoms with Crippen molar-refractivity contribution in [2.45, 2.75) is 32.6 Å². The summed E-state index contributed by atoms with van der Waals surface area (Å²) in [6.45, 7) is 1.97. The molecule has 0 amide bonds. The maximum absolute atomic E-state index is 15.0. The van der Waals surface area contributed by atoms with Crippen molar-refractivity contribution < 1.29 is 35.1 Å². The minimum atomic E-state index is -2.76. The molecule has 0 N–H and O–H groups in total. The van der Waals surface area contributed by atoms with Crippen molar-refractivity contribution in [2.24, 2.45) is 0 Å². The molecular formula is C33H24F8. The fourth-order valence-corrected chi connectivity index (χ4v) is 4.43. The quantitative estimate of drug-likeness (QED) is 0.106. The van der Waals surface area contributed by atoms with Crippen molar-refractivity contribution in [1.29, 1.82) is 0 Å². The van der Waals surface area contributed by atoms with Crippen LogP contribution in [0.1, 0.15) is 35.6 Å². The van der Waals surface area contributed by atoms with Crippen molar-refractivity contribution >= 4 is 12.2 Å². The molecule has 0 radical (unpaired) electrons. The molecule has 0 atom stereocenters. The van der Waals surface area contributed by atoms with Crippen LogP contribution in [0.3, 0.4) is 0 Å². The SMILES string of the molecule is CCCc1ccc(-c2ccc(-c3cc(F)c(C=Cc4cc(F)c(CC=CC(F)F)c(F)c4)c(F)c3)c(F)c2)c(F)c1. The average Bonchev–Trinajstić information content (AvgIpc) is 2.90. The van der Waals surface area contributed by atoms with E-state index in [2.05, 4.69) is 0 Å². The first kappa shape index (κ1) is 29.8. The van der Waals surface area contributed by atoms with Gasteiger partial charge in [0.25, 0.3) is 6.43 Å². The molecule has 0 aliphatic heterocycles. The van der Waals surface area contributed by atoms with E-state index in [4.69, 9.17) is 0 Å². The van der Waals surface area contributed by atoms with Gasteiger partial charge >= 0.3 is 0 Å². The predicted octanol–water partition coefficient (Wildman–Crippen LogP) is 10.3. The Kier molecular flexibility index (Phi) is 9.42. The normalized spacial score (nSPS) is 11.9. The van der Waals surface area contributed by atoms with Gasteiger partial charge < -0.3 is 0 Å². The van der Waals surface area contributed by atoms with Gasteiger partial charge in [0.1, 0.15) is 34.9 Å². The number of alkyl halides is 2. The Hall–Kier alpha value is -4.20. The molecule has 0 aromatic heterocycles. The van der Waals surface area contributed by atoms with E-state index < -0.39 is 58.9 Å². The highest BCUT2D eigenvalue weighted by Gasteiger charge is 2.16. The van der Waals surface area contributed by atoms with E-state index in [1.165, 1.54) is 18.2 Å². The molecule has 0 heterocycles. The van der Waals surface area contributed by atoms with Gasteiger partial charge in [-0.3, -0.25) is 0 Å². The Morgan fingerprint density at radius 2 is 1.22 bits per heavy atom. The van der Waals surface area contributed by atoms with Crippen LogP contribution in [0.4, 0.5) is 35.1 Å². The first-order chi connectivity index (χ1) is 19.6. The number of aryl methyl sites for hydroxylation is 1. The zero-order chi connectivity index (χ0) is 29.7. The standard InChI is InChI=1S/C33H24F8/c1-2-4-19-7-10-23(27(34)13-19)21-9-12-24(30(37)16-21)22-17-31(38)26(32(39)18-22)11-8-20-14-28(35)25(29(36)15-20)5-3-6-33(40)41/h3,6-18,33H,2,4-5H2,1H3. The summed E-state index contributed by atoms with van der Waals surface area (Å²) in [5.41, 5.74) is 0.0691. The highest BCUT2D eigenvalue weighted by molar-refractivity contribution is 5.75. The van der Waals surface area contributed by atoms with Gasteiger partial charge in [-0.15, -0.1) is 0 Å². The van der Waals surface area contributed by atoms with Crippen LogP contribution in [0.15, 0.2) is 72.8 Å². The molecule has 0 aliphatic rings. The fraction of sp³-hybridized carbons (Fsp3) is 0.152. The lowest BCUT2D eigenvalue weighted by molar-refractivity contribution is 0.204. The zero-order valence-electron chi connectivity index (χ0n) is 21.8. The maximum atomic E-state index is 15.0. The van der Waals surface area contributed by atoms with Gasteiger partial charge in [-0.1, -0.05) is 49.8 Å². The van der Waals surface area contributed by atoms with Crippen LogP contribution >= 0.6 is 0 Å². The fourth-order valence-electron chi connectivity index (χ4n) is 4.43. The molecule has 0 aliphatic carbocycles. The smallest absolute Gasteiger partial charge is 0.207 e. The van der Waals surface area contributed by atoms with Crippen LogP contribution in [0.5, 0.6) is 0 Å². The van der Waals surface area contributed by atoms with E-state index in [1.807, 2.05) is 6.92 Å². The van der Waals surface area contributed by atoms with Crippen molar-refractivity contribution in [2.75, 3.05) is 0 Å². The van der Waals surface area contributed by atoms with Crippen LogP contribution in [-0.4, -0.2) is 6.43 Å². The minimum Gasteiger partial charge on any atom is -0.207 e. The largest absolute Gasteiger partial charge is 0.257 e.